The summed E-state index contributed by atoms with van der Waals surface area (Å²) in [4.78, 5) is 29.6. The smallest absolute Gasteiger partial charge is 0.264 e. The maximum atomic E-state index is 14.5. The first kappa shape index (κ1) is 32.8. The largest absolute Gasteiger partial charge is 0.355 e. The summed E-state index contributed by atoms with van der Waals surface area (Å²) >= 11 is 6.34. The molecule has 9 heteroatoms. The van der Waals surface area contributed by atoms with Crippen molar-refractivity contribution in [2.24, 2.45) is 0 Å². The molecule has 44 heavy (non-hydrogen) atoms. The van der Waals surface area contributed by atoms with Crippen molar-refractivity contribution in [1.29, 1.82) is 0 Å². The van der Waals surface area contributed by atoms with Gasteiger partial charge in [0, 0.05) is 24.5 Å². The van der Waals surface area contributed by atoms with E-state index >= 15 is 0 Å². The second-order valence-electron chi connectivity index (χ2n) is 10.9. The van der Waals surface area contributed by atoms with Crippen LogP contribution in [0.5, 0.6) is 0 Å². The van der Waals surface area contributed by atoms with Crippen LogP contribution in [0, 0.1) is 20.8 Å². The predicted octanol–water partition coefficient (Wildman–Crippen LogP) is 6.24. The highest BCUT2D eigenvalue weighted by Gasteiger charge is 2.35. The summed E-state index contributed by atoms with van der Waals surface area (Å²) in [5.74, 6) is -0.837. The van der Waals surface area contributed by atoms with Crippen molar-refractivity contribution in [2.45, 2.75) is 51.6 Å². The molecule has 0 aliphatic carbocycles. The lowest BCUT2D eigenvalue weighted by Gasteiger charge is -2.34. The minimum Gasteiger partial charge on any atom is -0.355 e. The van der Waals surface area contributed by atoms with E-state index in [2.05, 4.69) is 5.32 Å². The number of sulfonamides is 1. The molecular formula is C35H38ClN3O4S. The minimum atomic E-state index is -4.21. The van der Waals surface area contributed by atoms with Crippen molar-refractivity contribution in [1.82, 2.24) is 10.2 Å². The minimum absolute atomic E-state index is 0.0462. The molecule has 1 N–H and O–H groups in total. The van der Waals surface area contributed by atoms with Gasteiger partial charge in [-0.2, -0.15) is 0 Å². The molecule has 4 rings (SSSR count). The van der Waals surface area contributed by atoms with Crippen LogP contribution in [-0.2, 0) is 32.6 Å². The first-order valence-corrected chi connectivity index (χ1v) is 16.3. The average molecular weight is 632 g/mol. The number of nitrogens with zero attached hydrogens (tertiary/aromatic N) is 2. The van der Waals surface area contributed by atoms with E-state index in [0.29, 0.717) is 22.8 Å². The Morgan fingerprint density at radius 1 is 0.818 bits per heavy atom. The molecule has 0 radical (unpaired) electrons. The van der Waals surface area contributed by atoms with Gasteiger partial charge in [-0.3, -0.25) is 13.9 Å². The van der Waals surface area contributed by atoms with E-state index in [1.54, 1.807) is 37.3 Å². The van der Waals surface area contributed by atoms with Gasteiger partial charge in [0.1, 0.15) is 12.6 Å². The third-order valence-corrected chi connectivity index (χ3v) is 9.43. The molecule has 0 aliphatic heterocycles. The molecule has 0 heterocycles. The number of hydrogen-bond donors (Lipinski definition) is 1. The molecule has 2 amide bonds. The molecule has 0 aromatic heterocycles. The van der Waals surface area contributed by atoms with Crippen LogP contribution >= 0.6 is 11.6 Å². The number of carbonyl (C=O) groups is 2. The Hall–Kier alpha value is -4.14. The first-order chi connectivity index (χ1) is 21.0. The zero-order valence-electron chi connectivity index (χ0n) is 25.5. The molecule has 230 valence electrons. The second-order valence-corrected chi connectivity index (χ2v) is 13.2. The lowest BCUT2D eigenvalue weighted by atomic mass is 10.0. The molecule has 0 saturated heterocycles. The zero-order valence-corrected chi connectivity index (χ0v) is 27.0. The normalized spacial score (nSPS) is 11.9. The molecular weight excluding hydrogens is 594 g/mol. The van der Waals surface area contributed by atoms with Crippen LogP contribution in [-0.4, -0.2) is 44.3 Å². The van der Waals surface area contributed by atoms with Gasteiger partial charge in [-0.05, 0) is 68.7 Å². The van der Waals surface area contributed by atoms with Crippen LogP contribution in [0.4, 0.5) is 5.69 Å². The van der Waals surface area contributed by atoms with Crippen LogP contribution in [0.1, 0.15) is 34.7 Å². The van der Waals surface area contributed by atoms with Crippen LogP contribution in [0.25, 0.3) is 0 Å². The molecule has 0 fully saturated rings. The van der Waals surface area contributed by atoms with Gasteiger partial charge in [0.25, 0.3) is 10.0 Å². The van der Waals surface area contributed by atoms with Crippen molar-refractivity contribution < 1.29 is 18.0 Å². The summed E-state index contributed by atoms with van der Waals surface area (Å²) in [6.45, 7) is 7.39. The number of likely N-dealkylation sites (N-methyl/N-ethyl adjacent to an activating group) is 1. The Morgan fingerprint density at radius 3 is 2.05 bits per heavy atom. The Kier molecular flexibility index (Phi) is 10.8. The Morgan fingerprint density at radius 2 is 1.43 bits per heavy atom. The Balaban J connectivity index is 1.82. The summed E-state index contributed by atoms with van der Waals surface area (Å²) in [5, 5.41) is 3.21. The molecule has 0 aliphatic rings. The van der Waals surface area contributed by atoms with Crippen molar-refractivity contribution in [3.05, 3.63) is 130 Å². The maximum Gasteiger partial charge on any atom is 0.264 e. The summed E-state index contributed by atoms with van der Waals surface area (Å²) in [6, 6.07) is 27.7. The number of amides is 2. The van der Waals surface area contributed by atoms with E-state index < -0.39 is 28.5 Å². The highest BCUT2D eigenvalue weighted by molar-refractivity contribution is 7.92. The van der Waals surface area contributed by atoms with Gasteiger partial charge in [0.05, 0.1) is 10.6 Å². The molecule has 0 saturated carbocycles. The number of hydrogen-bond acceptors (Lipinski definition) is 4. The van der Waals surface area contributed by atoms with E-state index in [4.69, 9.17) is 11.6 Å². The molecule has 4 aromatic rings. The zero-order chi connectivity index (χ0) is 31.9. The fourth-order valence-electron chi connectivity index (χ4n) is 4.94. The number of carbonyl (C=O) groups excluding carboxylic acids is 2. The van der Waals surface area contributed by atoms with Gasteiger partial charge in [0.2, 0.25) is 11.8 Å². The van der Waals surface area contributed by atoms with E-state index in [1.807, 2.05) is 75.4 Å². The molecule has 1 unspecified atom stereocenters. The third kappa shape index (κ3) is 8.07. The number of aryl methyl sites for hydroxylation is 3. The van der Waals surface area contributed by atoms with E-state index in [9.17, 15) is 18.0 Å². The van der Waals surface area contributed by atoms with Gasteiger partial charge in [-0.25, -0.2) is 8.42 Å². The summed E-state index contributed by atoms with van der Waals surface area (Å²) in [7, 11) is -4.21. The molecule has 4 aromatic carbocycles. The highest BCUT2D eigenvalue weighted by Crippen LogP contribution is 2.30. The van der Waals surface area contributed by atoms with Crippen molar-refractivity contribution in [3.8, 4) is 0 Å². The highest BCUT2D eigenvalue weighted by atomic mass is 35.5. The number of benzene rings is 4. The summed E-state index contributed by atoms with van der Waals surface area (Å²) < 4.78 is 29.5. The lowest BCUT2D eigenvalue weighted by Crippen LogP contribution is -2.53. The maximum absolute atomic E-state index is 14.5. The fourth-order valence-corrected chi connectivity index (χ4v) is 6.58. The van der Waals surface area contributed by atoms with E-state index in [0.717, 1.165) is 26.6 Å². The number of halogens is 1. The lowest BCUT2D eigenvalue weighted by molar-refractivity contribution is -0.140. The van der Waals surface area contributed by atoms with E-state index in [-0.39, 0.29) is 23.8 Å². The third-order valence-electron chi connectivity index (χ3n) is 7.42. The standard InChI is InChI=1S/C35H38ClN3O4S/c1-5-37-35(41)33(21-28-9-7-6-8-10-28)38(23-29-16-11-25(2)12-17-29)34(40)24-39(32-22-30(36)18-15-27(32)4)44(42,43)31-19-13-26(3)14-20-31/h6-20,22,33H,5,21,23-24H2,1-4H3,(H,37,41). The van der Waals surface area contributed by atoms with Crippen molar-refractivity contribution in [3.63, 3.8) is 0 Å². The molecule has 0 bridgehead atoms. The van der Waals surface area contributed by atoms with Crippen LogP contribution in [0.2, 0.25) is 5.02 Å². The van der Waals surface area contributed by atoms with E-state index in [1.165, 1.54) is 17.0 Å². The molecule has 0 spiro atoms. The molecule has 7 nitrogen and oxygen atoms in total. The number of nitrogens with one attached hydrogen (secondary N) is 1. The van der Waals surface area contributed by atoms with Crippen molar-refractivity contribution >= 4 is 39.1 Å². The SMILES string of the molecule is CCNC(=O)C(Cc1ccccc1)N(Cc1ccc(C)cc1)C(=O)CN(c1cc(Cl)ccc1C)S(=O)(=O)c1ccc(C)cc1. The van der Waals surface area contributed by atoms with Gasteiger partial charge < -0.3 is 10.2 Å². The average Bonchev–Trinajstić information content (AvgIpc) is 3.00. The summed E-state index contributed by atoms with van der Waals surface area (Å²) in [6.07, 6.45) is 0.255. The topological polar surface area (TPSA) is 86.8 Å². The van der Waals surface area contributed by atoms with Gasteiger partial charge in [0.15, 0.2) is 0 Å². The number of rotatable bonds is 12. The van der Waals surface area contributed by atoms with Gasteiger partial charge in [-0.1, -0.05) is 95.5 Å². The van der Waals surface area contributed by atoms with Crippen LogP contribution < -0.4 is 9.62 Å². The summed E-state index contributed by atoms with van der Waals surface area (Å²) in [5.41, 5.74) is 4.58. The van der Waals surface area contributed by atoms with Gasteiger partial charge in [-0.15, -0.1) is 0 Å². The van der Waals surface area contributed by atoms with Gasteiger partial charge >= 0.3 is 0 Å². The monoisotopic (exact) mass is 631 g/mol. The first-order valence-electron chi connectivity index (χ1n) is 14.5. The van der Waals surface area contributed by atoms with Crippen LogP contribution in [0.15, 0.2) is 102 Å². The molecule has 1 atom stereocenters. The van der Waals surface area contributed by atoms with Crippen molar-refractivity contribution in [2.75, 3.05) is 17.4 Å². The fraction of sp³-hybridized carbons (Fsp3) is 0.257. The van der Waals surface area contributed by atoms with Crippen LogP contribution in [0.3, 0.4) is 0 Å². The predicted molar refractivity (Wildman–Crippen MR) is 176 cm³/mol. The quantitative estimate of drug-likeness (QED) is 0.201. The Bertz CT molecular complexity index is 1690. The number of anilines is 1. The second kappa shape index (κ2) is 14.6. The Labute approximate surface area is 265 Å².